The van der Waals surface area contributed by atoms with Gasteiger partial charge in [0.05, 0.1) is 22.5 Å². The van der Waals surface area contributed by atoms with Gasteiger partial charge in [0.2, 0.25) is 0 Å². The Kier molecular flexibility index (Phi) is 6.50. The van der Waals surface area contributed by atoms with Crippen LogP contribution in [0.5, 0.6) is 11.6 Å². The number of aromatic amines is 1. The first-order valence-electron chi connectivity index (χ1n) is 11.8. The molecule has 178 valence electrons. The lowest BCUT2D eigenvalue weighted by Crippen LogP contribution is -2.28. The first-order chi connectivity index (χ1) is 17.1. The number of aromatic hydroxyl groups is 1. The number of aliphatic imine (C=N–C) groups is 1. The minimum atomic E-state index is -1.39. The average molecular weight is 470 g/mol. The topological polar surface area (TPSA) is 98.2 Å². The van der Waals surface area contributed by atoms with E-state index in [9.17, 15) is 9.90 Å². The third-order valence-electron chi connectivity index (χ3n) is 6.27. The highest BCUT2D eigenvalue weighted by Gasteiger charge is 2.19. The van der Waals surface area contributed by atoms with Crippen molar-refractivity contribution in [1.29, 1.82) is 0 Å². The maximum Gasteiger partial charge on any atom is 0.511 e. The zero-order valence-corrected chi connectivity index (χ0v) is 19.3. The number of hydrogen-bond donors (Lipinski definition) is 3. The van der Waals surface area contributed by atoms with Gasteiger partial charge in [-0.15, -0.1) is 0 Å². The molecule has 0 radical (unpaired) electrons. The summed E-state index contributed by atoms with van der Waals surface area (Å²) < 4.78 is 4.76. The molecule has 2 heterocycles. The van der Waals surface area contributed by atoms with Crippen LogP contribution >= 0.6 is 0 Å². The number of ether oxygens (including phenoxy) is 1. The minimum Gasteiger partial charge on any atom is -0.494 e. The van der Waals surface area contributed by atoms with E-state index in [0.29, 0.717) is 22.2 Å². The van der Waals surface area contributed by atoms with Crippen LogP contribution in [0.2, 0.25) is 0 Å². The van der Waals surface area contributed by atoms with Crippen LogP contribution in [0, 0.1) is 0 Å². The predicted molar refractivity (Wildman–Crippen MR) is 136 cm³/mol. The van der Waals surface area contributed by atoms with Gasteiger partial charge in [0.25, 0.3) is 0 Å². The second-order valence-corrected chi connectivity index (χ2v) is 8.75. The van der Waals surface area contributed by atoms with Gasteiger partial charge in [0, 0.05) is 23.6 Å². The molecule has 0 bridgehead atoms. The van der Waals surface area contributed by atoms with E-state index in [4.69, 9.17) is 14.8 Å². The zero-order chi connectivity index (χ0) is 24.2. The Hall–Kier alpha value is -4.10. The van der Waals surface area contributed by atoms with Gasteiger partial charge in [-0.2, -0.15) is 0 Å². The zero-order valence-electron chi connectivity index (χ0n) is 19.3. The van der Waals surface area contributed by atoms with E-state index in [-0.39, 0.29) is 11.6 Å². The fourth-order valence-electron chi connectivity index (χ4n) is 4.61. The van der Waals surface area contributed by atoms with Gasteiger partial charge in [-0.05, 0) is 55.8 Å². The number of benzene rings is 3. The Morgan fingerprint density at radius 2 is 1.71 bits per heavy atom. The molecule has 3 aromatic carbocycles. The van der Waals surface area contributed by atoms with Crippen molar-refractivity contribution >= 4 is 28.5 Å². The van der Waals surface area contributed by atoms with Crippen molar-refractivity contribution < 1.29 is 19.7 Å². The highest BCUT2D eigenvalue weighted by atomic mass is 16.7. The maximum atomic E-state index is 10.9. The molecular weight excluding hydrogens is 442 g/mol. The number of fused-ring (bicyclic) bond motifs is 1. The highest BCUT2D eigenvalue weighted by molar-refractivity contribution is 6.22. The van der Waals surface area contributed by atoms with Gasteiger partial charge in [0.1, 0.15) is 5.75 Å². The quantitative estimate of drug-likeness (QED) is 0.180. The molecule has 0 saturated carbocycles. The molecule has 3 N–H and O–H groups in total. The van der Waals surface area contributed by atoms with Crippen molar-refractivity contribution in [1.82, 2.24) is 9.88 Å². The summed E-state index contributed by atoms with van der Waals surface area (Å²) in [5.41, 5.74) is 4.61. The number of nitrogens with zero attached hydrogens (tertiary/aromatic N) is 2. The van der Waals surface area contributed by atoms with Crippen LogP contribution in [0.3, 0.4) is 0 Å². The standard InChI is InChI=1S/C28H27N3O4/c32-27-25(23-14-13-22(35-28(33)34)17-24(23)30-27)26(20-7-3-1-4-8-20)29-21-11-9-19(10-12-21)18-31-15-5-2-6-16-31/h1,3-4,7-14,17,30,32H,2,5-6,15-16,18H2,(H,33,34). The fraction of sp³-hybridized carbons (Fsp3) is 0.214. The van der Waals surface area contributed by atoms with E-state index in [0.717, 1.165) is 30.9 Å². The number of piperidine rings is 1. The third kappa shape index (κ3) is 5.20. The first kappa shape index (κ1) is 22.7. The largest absolute Gasteiger partial charge is 0.511 e. The summed E-state index contributed by atoms with van der Waals surface area (Å²) in [6, 6.07) is 22.7. The number of aromatic nitrogens is 1. The third-order valence-corrected chi connectivity index (χ3v) is 6.27. The maximum absolute atomic E-state index is 10.9. The molecule has 35 heavy (non-hydrogen) atoms. The second-order valence-electron chi connectivity index (χ2n) is 8.75. The molecular formula is C28H27N3O4. The minimum absolute atomic E-state index is 0.0446. The van der Waals surface area contributed by atoms with E-state index >= 15 is 0 Å². The number of carbonyl (C=O) groups is 1. The molecule has 0 unspecified atom stereocenters. The number of rotatable bonds is 6. The molecule has 1 aliphatic heterocycles. The average Bonchev–Trinajstić information content (AvgIpc) is 3.19. The number of carboxylic acid groups (broad SMARTS) is 1. The Bertz CT molecular complexity index is 1350. The predicted octanol–water partition coefficient (Wildman–Crippen LogP) is 6.09. The van der Waals surface area contributed by atoms with Crippen LogP contribution in [0.4, 0.5) is 10.5 Å². The van der Waals surface area contributed by atoms with Gasteiger partial charge < -0.3 is 19.9 Å². The second kappa shape index (κ2) is 10.0. The van der Waals surface area contributed by atoms with Crippen molar-refractivity contribution in [3.05, 3.63) is 89.5 Å². The number of hydrogen-bond acceptors (Lipinski definition) is 5. The molecule has 1 aliphatic rings. The van der Waals surface area contributed by atoms with Crippen molar-refractivity contribution in [2.75, 3.05) is 13.1 Å². The summed E-state index contributed by atoms with van der Waals surface area (Å²) in [6.07, 6.45) is 2.46. The summed E-state index contributed by atoms with van der Waals surface area (Å²) >= 11 is 0. The van der Waals surface area contributed by atoms with Gasteiger partial charge in [-0.1, -0.05) is 48.9 Å². The molecule has 0 amide bonds. The lowest BCUT2D eigenvalue weighted by Gasteiger charge is -2.26. The molecule has 4 aromatic rings. The van der Waals surface area contributed by atoms with Crippen LogP contribution in [0.25, 0.3) is 10.9 Å². The molecule has 1 saturated heterocycles. The Labute approximate surface area is 203 Å². The molecule has 5 rings (SSSR count). The number of nitrogens with one attached hydrogen (secondary N) is 1. The number of likely N-dealkylation sites (tertiary alicyclic amines) is 1. The van der Waals surface area contributed by atoms with E-state index < -0.39 is 6.16 Å². The lowest BCUT2D eigenvalue weighted by atomic mass is 10.0. The van der Waals surface area contributed by atoms with Crippen molar-refractivity contribution in [3.63, 3.8) is 0 Å². The van der Waals surface area contributed by atoms with Crippen molar-refractivity contribution in [3.8, 4) is 11.6 Å². The SMILES string of the molecule is O=C(O)Oc1ccc2c(C(=Nc3ccc(CN4CCCCC4)cc3)c3ccccc3)c(O)[nH]c2c1. The van der Waals surface area contributed by atoms with Crippen LogP contribution in [0.1, 0.15) is 36.0 Å². The van der Waals surface area contributed by atoms with Crippen LogP contribution < -0.4 is 4.74 Å². The molecule has 7 heteroatoms. The number of H-pyrrole nitrogens is 1. The van der Waals surface area contributed by atoms with E-state index in [1.54, 1.807) is 18.2 Å². The molecule has 1 aromatic heterocycles. The first-order valence-corrected chi connectivity index (χ1v) is 11.8. The summed E-state index contributed by atoms with van der Waals surface area (Å²) in [6.45, 7) is 3.24. The summed E-state index contributed by atoms with van der Waals surface area (Å²) in [4.78, 5) is 21.3. The molecule has 7 nitrogen and oxygen atoms in total. The highest BCUT2D eigenvalue weighted by Crippen LogP contribution is 2.33. The summed E-state index contributed by atoms with van der Waals surface area (Å²) in [7, 11) is 0. The van der Waals surface area contributed by atoms with E-state index in [2.05, 4.69) is 22.0 Å². The van der Waals surface area contributed by atoms with Gasteiger partial charge in [0.15, 0.2) is 5.88 Å². The molecule has 1 fully saturated rings. The Morgan fingerprint density at radius 3 is 2.43 bits per heavy atom. The molecule has 0 atom stereocenters. The normalized spacial score (nSPS) is 14.8. The summed E-state index contributed by atoms with van der Waals surface area (Å²) in [5, 5.41) is 20.5. The smallest absolute Gasteiger partial charge is 0.494 e. The van der Waals surface area contributed by atoms with Crippen molar-refractivity contribution in [2.45, 2.75) is 25.8 Å². The lowest BCUT2D eigenvalue weighted by molar-refractivity contribution is 0.144. The van der Waals surface area contributed by atoms with E-state index in [1.807, 2.05) is 42.5 Å². The summed E-state index contributed by atoms with van der Waals surface area (Å²) in [5.74, 6) is 0.122. The van der Waals surface area contributed by atoms with Crippen molar-refractivity contribution in [2.24, 2.45) is 4.99 Å². The Morgan fingerprint density at radius 1 is 0.971 bits per heavy atom. The Balaban J connectivity index is 1.52. The van der Waals surface area contributed by atoms with Crippen LogP contribution in [-0.4, -0.2) is 45.1 Å². The van der Waals surface area contributed by atoms with E-state index in [1.165, 1.54) is 24.8 Å². The molecule has 0 spiro atoms. The van der Waals surface area contributed by atoms with Gasteiger partial charge in [-0.3, -0.25) is 4.90 Å². The van der Waals surface area contributed by atoms with Crippen LogP contribution in [0.15, 0.2) is 77.8 Å². The van der Waals surface area contributed by atoms with Crippen LogP contribution in [-0.2, 0) is 6.54 Å². The van der Waals surface area contributed by atoms with Gasteiger partial charge in [-0.25, -0.2) is 9.79 Å². The monoisotopic (exact) mass is 469 g/mol. The molecule has 0 aliphatic carbocycles. The fourth-order valence-corrected chi connectivity index (χ4v) is 4.61. The van der Waals surface area contributed by atoms with Gasteiger partial charge >= 0.3 is 6.16 Å².